The molecule has 8 heteroatoms. The quantitative estimate of drug-likeness (QED) is 0.650. The van der Waals surface area contributed by atoms with E-state index in [1.807, 2.05) is 41.3 Å². The lowest BCUT2D eigenvalue weighted by Crippen LogP contribution is -2.53. The van der Waals surface area contributed by atoms with Crippen LogP contribution in [0.1, 0.15) is 26.0 Å². The molecule has 2 fully saturated rings. The second-order valence-corrected chi connectivity index (χ2v) is 10.3. The maximum Gasteiger partial charge on any atom is 0.236 e. The molecule has 0 radical (unpaired) electrons. The lowest BCUT2D eigenvalue weighted by Gasteiger charge is -2.38. The SMILES string of the molecule is CC1CC(C)CN(C(=O)CN2CCN(CC(=O)NCc3ccc(-c4ccc(Cl)cc4)o3)CC2)C1. The van der Waals surface area contributed by atoms with E-state index in [1.165, 1.54) is 6.42 Å². The summed E-state index contributed by atoms with van der Waals surface area (Å²) in [6.45, 7) is 10.6. The van der Waals surface area contributed by atoms with Crippen LogP contribution in [0.2, 0.25) is 5.02 Å². The highest BCUT2D eigenvalue weighted by Gasteiger charge is 2.27. The van der Waals surface area contributed by atoms with E-state index in [1.54, 1.807) is 0 Å². The van der Waals surface area contributed by atoms with E-state index in [9.17, 15) is 9.59 Å². The molecule has 184 valence electrons. The third kappa shape index (κ3) is 6.84. The number of hydrogen-bond donors (Lipinski definition) is 1. The first-order valence-corrected chi connectivity index (χ1v) is 12.6. The van der Waals surface area contributed by atoms with Crippen LogP contribution in [-0.2, 0) is 16.1 Å². The van der Waals surface area contributed by atoms with E-state index >= 15 is 0 Å². The maximum absolute atomic E-state index is 12.7. The Hall–Kier alpha value is -2.35. The number of nitrogens with one attached hydrogen (secondary N) is 1. The van der Waals surface area contributed by atoms with E-state index in [4.69, 9.17) is 16.0 Å². The van der Waals surface area contributed by atoms with Gasteiger partial charge < -0.3 is 14.6 Å². The highest BCUT2D eigenvalue weighted by Crippen LogP contribution is 2.24. The Balaban J connectivity index is 1.16. The normalized spacial score (nSPS) is 22.0. The van der Waals surface area contributed by atoms with Crippen molar-refractivity contribution in [1.82, 2.24) is 20.0 Å². The van der Waals surface area contributed by atoms with E-state index in [-0.39, 0.29) is 11.8 Å². The van der Waals surface area contributed by atoms with Crippen molar-refractivity contribution in [3.05, 3.63) is 47.2 Å². The van der Waals surface area contributed by atoms with E-state index < -0.39 is 0 Å². The van der Waals surface area contributed by atoms with Crippen LogP contribution in [0, 0.1) is 11.8 Å². The zero-order chi connectivity index (χ0) is 24.1. The zero-order valence-electron chi connectivity index (χ0n) is 20.1. The van der Waals surface area contributed by atoms with Crippen molar-refractivity contribution in [2.24, 2.45) is 11.8 Å². The number of hydrogen-bond acceptors (Lipinski definition) is 5. The molecule has 0 bridgehead atoms. The Bertz CT molecular complexity index is 959. The Morgan fingerprint density at radius 2 is 1.56 bits per heavy atom. The number of carbonyl (C=O) groups excluding carboxylic acids is 2. The van der Waals surface area contributed by atoms with Crippen LogP contribution in [0.4, 0.5) is 0 Å². The Morgan fingerprint density at radius 3 is 2.21 bits per heavy atom. The molecule has 3 heterocycles. The molecule has 7 nitrogen and oxygen atoms in total. The van der Waals surface area contributed by atoms with Gasteiger partial charge in [0, 0.05) is 49.9 Å². The van der Waals surface area contributed by atoms with Crippen molar-refractivity contribution < 1.29 is 14.0 Å². The molecule has 0 saturated carbocycles. The summed E-state index contributed by atoms with van der Waals surface area (Å²) in [5.74, 6) is 2.83. The second kappa shape index (κ2) is 11.4. The number of likely N-dealkylation sites (tertiary alicyclic amines) is 1. The predicted molar refractivity (Wildman–Crippen MR) is 133 cm³/mol. The average Bonchev–Trinajstić information content (AvgIpc) is 3.28. The predicted octanol–water partition coefficient (Wildman–Crippen LogP) is 3.34. The van der Waals surface area contributed by atoms with Crippen LogP contribution in [0.5, 0.6) is 0 Å². The van der Waals surface area contributed by atoms with E-state index in [0.29, 0.717) is 42.3 Å². The average molecular weight is 487 g/mol. The molecule has 2 aliphatic heterocycles. The minimum atomic E-state index is -0.0229. The van der Waals surface area contributed by atoms with Gasteiger partial charge in [-0.3, -0.25) is 19.4 Å². The molecule has 2 unspecified atom stereocenters. The van der Waals surface area contributed by atoms with Crippen molar-refractivity contribution in [3.63, 3.8) is 0 Å². The third-order valence-corrected chi connectivity index (χ3v) is 6.91. The molecule has 1 aromatic carbocycles. The highest BCUT2D eigenvalue weighted by molar-refractivity contribution is 6.30. The first-order valence-electron chi connectivity index (χ1n) is 12.2. The number of piperidine rings is 1. The van der Waals surface area contributed by atoms with Gasteiger partial charge in [0.1, 0.15) is 11.5 Å². The first kappa shape index (κ1) is 24.8. The fraction of sp³-hybridized carbons (Fsp3) is 0.538. The molecule has 1 aromatic heterocycles. The lowest BCUT2D eigenvalue weighted by atomic mass is 9.92. The minimum Gasteiger partial charge on any atom is -0.459 e. The summed E-state index contributed by atoms with van der Waals surface area (Å²) in [6.07, 6.45) is 1.20. The van der Waals surface area contributed by atoms with Gasteiger partial charge in [0.2, 0.25) is 11.8 Å². The van der Waals surface area contributed by atoms with Gasteiger partial charge in [-0.1, -0.05) is 25.4 Å². The van der Waals surface area contributed by atoms with Gasteiger partial charge in [0.15, 0.2) is 0 Å². The lowest BCUT2D eigenvalue weighted by molar-refractivity contribution is -0.135. The third-order valence-electron chi connectivity index (χ3n) is 6.66. The van der Waals surface area contributed by atoms with Gasteiger partial charge in [-0.25, -0.2) is 0 Å². The van der Waals surface area contributed by atoms with Crippen LogP contribution >= 0.6 is 11.6 Å². The summed E-state index contributed by atoms with van der Waals surface area (Å²) in [5, 5.41) is 3.63. The molecule has 1 N–H and O–H groups in total. The first-order chi connectivity index (χ1) is 16.4. The van der Waals surface area contributed by atoms with Crippen LogP contribution in [0.15, 0.2) is 40.8 Å². The molecule has 0 aliphatic carbocycles. The summed E-state index contributed by atoms with van der Waals surface area (Å²) < 4.78 is 5.85. The number of nitrogens with zero attached hydrogens (tertiary/aromatic N) is 3. The van der Waals surface area contributed by atoms with Gasteiger partial charge in [0.25, 0.3) is 0 Å². The number of amides is 2. The van der Waals surface area contributed by atoms with Gasteiger partial charge >= 0.3 is 0 Å². The molecule has 2 aromatic rings. The molecule has 4 rings (SSSR count). The summed E-state index contributed by atoms with van der Waals surface area (Å²) in [7, 11) is 0. The number of benzene rings is 1. The molecular formula is C26H35ClN4O3. The smallest absolute Gasteiger partial charge is 0.236 e. The molecule has 2 atom stereocenters. The van der Waals surface area contributed by atoms with Crippen molar-refractivity contribution in [2.45, 2.75) is 26.8 Å². The van der Waals surface area contributed by atoms with Crippen molar-refractivity contribution in [3.8, 4) is 11.3 Å². The molecular weight excluding hydrogens is 452 g/mol. The van der Waals surface area contributed by atoms with Crippen LogP contribution in [0.25, 0.3) is 11.3 Å². The van der Waals surface area contributed by atoms with Gasteiger partial charge in [-0.05, 0) is 54.7 Å². The van der Waals surface area contributed by atoms with E-state index in [0.717, 1.165) is 50.6 Å². The zero-order valence-corrected chi connectivity index (χ0v) is 20.9. The molecule has 2 amide bonds. The Kier molecular flexibility index (Phi) is 8.29. The summed E-state index contributed by atoms with van der Waals surface area (Å²) in [5.41, 5.74) is 0.947. The number of halogens is 1. The van der Waals surface area contributed by atoms with Crippen LogP contribution in [-0.4, -0.2) is 78.9 Å². The van der Waals surface area contributed by atoms with E-state index in [2.05, 4.69) is 29.0 Å². The maximum atomic E-state index is 12.7. The number of rotatable bonds is 7. The summed E-state index contributed by atoms with van der Waals surface area (Å²) >= 11 is 5.94. The summed E-state index contributed by atoms with van der Waals surface area (Å²) in [4.78, 5) is 31.6. The van der Waals surface area contributed by atoms with Crippen molar-refractivity contribution >= 4 is 23.4 Å². The minimum absolute atomic E-state index is 0.0229. The molecule has 2 saturated heterocycles. The van der Waals surface area contributed by atoms with Gasteiger partial charge in [0.05, 0.1) is 19.6 Å². The standard InChI is InChI=1S/C26H35ClN4O3/c1-19-13-20(2)16-31(15-19)26(33)18-30-11-9-29(10-12-30)17-25(32)28-14-23-7-8-24(34-23)21-3-5-22(27)6-4-21/h3-8,19-20H,9-18H2,1-2H3,(H,28,32). The monoisotopic (exact) mass is 486 g/mol. The molecule has 34 heavy (non-hydrogen) atoms. The topological polar surface area (TPSA) is 69.0 Å². The number of furan rings is 1. The highest BCUT2D eigenvalue weighted by atomic mass is 35.5. The van der Waals surface area contributed by atoms with Crippen molar-refractivity contribution in [2.75, 3.05) is 52.4 Å². The Labute approximate surface area is 207 Å². The largest absolute Gasteiger partial charge is 0.459 e. The fourth-order valence-electron chi connectivity index (χ4n) is 4.95. The summed E-state index contributed by atoms with van der Waals surface area (Å²) in [6, 6.07) is 11.2. The molecule has 0 spiro atoms. The van der Waals surface area contributed by atoms with Crippen LogP contribution in [0.3, 0.4) is 0 Å². The Morgan fingerprint density at radius 1 is 0.941 bits per heavy atom. The number of piperazine rings is 1. The van der Waals surface area contributed by atoms with Crippen molar-refractivity contribution in [1.29, 1.82) is 0 Å². The molecule has 2 aliphatic rings. The van der Waals surface area contributed by atoms with Crippen LogP contribution < -0.4 is 5.32 Å². The van der Waals surface area contributed by atoms with Gasteiger partial charge in [-0.15, -0.1) is 0 Å². The fourth-order valence-corrected chi connectivity index (χ4v) is 5.08. The van der Waals surface area contributed by atoms with Gasteiger partial charge in [-0.2, -0.15) is 0 Å². The second-order valence-electron chi connectivity index (χ2n) is 9.85. The number of carbonyl (C=O) groups is 2.